The highest BCUT2D eigenvalue weighted by molar-refractivity contribution is 6.33. The molecule has 0 amide bonds. The molecule has 5 nitrogen and oxygen atoms in total. The molecule has 0 radical (unpaired) electrons. The Labute approximate surface area is 206 Å². The minimum atomic E-state index is -1.42. The van der Waals surface area contributed by atoms with Crippen molar-refractivity contribution in [2.75, 3.05) is 5.32 Å². The number of benzene rings is 3. The standard InChI is InChI=1S/C26H22ClF3N2O3/c1-14(2)24(32-25-20(27)21(28)15(3)22(29)23(25)30)26(33)35-19(13-31)16-8-7-11-18(12-16)34-17-9-5-4-6-10-17/h4-12,14,19,24,32H,1-3H3/t19?,24-/m1/s1. The Morgan fingerprint density at radius 3 is 2.29 bits per heavy atom. The number of esters is 1. The number of para-hydroxylation sites is 1. The minimum Gasteiger partial charge on any atom is -0.457 e. The van der Waals surface area contributed by atoms with E-state index in [-0.39, 0.29) is 0 Å². The lowest BCUT2D eigenvalue weighted by atomic mass is 10.0. The molecule has 0 heterocycles. The fourth-order valence-corrected chi connectivity index (χ4v) is 3.52. The van der Waals surface area contributed by atoms with Crippen molar-refractivity contribution < 1.29 is 27.4 Å². The highest BCUT2D eigenvalue weighted by Gasteiger charge is 2.31. The molecule has 182 valence electrons. The van der Waals surface area contributed by atoms with Gasteiger partial charge in [0.05, 0.1) is 5.69 Å². The molecule has 1 unspecified atom stereocenters. The number of carbonyl (C=O) groups excluding carboxylic acids is 1. The van der Waals surface area contributed by atoms with Crippen molar-refractivity contribution in [3.8, 4) is 17.6 Å². The second-order valence-corrected chi connectivity index (χ2v) is 8.43. The Morgan fingerprint density at radius 1 is 1.00 bits per heavy atom. The van der Waals surface area contributed by atoms with E-state index < -0.39 is 57.8 Å². The van der Waals surface area contributed by atoms with Crippen molar-refractivity contribution in [2.45, 2.75) is 32.9 Å². The van der Waals surface area contributed by atoms with Crippen molar-refractivity contribution in [2.24, 2.45) is 5.92 Å². The van der Waals surface area contributed by atoms with E-state index in [2.05, 4.69) is 5.32 Å². The van der Waals surface area contributed by atoms with E-state index in [4.69, 9.17) is 21.1 Å². The summed E-state index contributed by atoms with van der Waals surface area (Å²) in [5.41, 5.74) is -0.938. The monoisotopic (exact) mass is 502 g/mol. The van der Waals surface area contributed by atoms with E-state index in [0.717, 1.165) is 6.92 Å². The Kier molecular flexibility index (Phi) is 8.26. The van der Waals surface area contributed by atoms with Crippen LogP contribution < -0.4 is 10.1 Å². The lowest BCUT2D eigenvalue weighted by Crippen LogP contribution is -2.37. The lowest BCUT2D eigenvalue weighted by Gasteiger charge is -2.24. The number of carbonyl (C=O) groups is 1. The molecule has 0 aliphatic rings. The summed E-state index contributed by atoms with van der Waals surface area (Å²) in [6, 6.07) is 16.0. The second kappa shape index (κ2) is 11.2. The normalized spacial score (nSPS) is 12.5. The Balaban J connectivity index is 1.82. The third kappa shape index (κ3) is 5.87. The number of ether oxygens (including phenoxy) is 2. The highest BCUT2D eigenvalue weighted by atomic mass is 35.5. The summed E-state index contributed by atoms with van der Waals surface area (Å²) in [7, 11) is 0. The fraction of sp³-hybridized carbons (Fsp3) is 0.231. The van der Waals surface area contributed by atoms with Crippen molar-refractivity contribution in [3.05, 3.63) is 88.2 Å². The topological polar surface area (TPSA) is 71.3 Å². The molecule has 0 aliphatic heterocycles. The summed E-state index contributed by atoms with van der Waals surface area (Å²) >= 11 is 5.88. The second-order valence-electron chi connectivity index (χ2n) is 8.06. The predicted molar refractivity (Wildman–Crippen MR) is 126 cm³/mol. The van der Waals surface area contributed by atoms with Crippen LogP contribution in [-0.4, -0.2) is 12.0 Å². The Bertz CT molecular complexity index is 1230. The van der Waals surface area contributed by atoms with Crippen molar-refractivity contribution in [1.82, 2.24) is 0 Å². The first-order valence-electron chi connectivity index (χ1n) is 10.7. The summed E-state index contributed by atoms with van der Waals surface area (Å²) in [4.78, 5) is 12.9. The first kappa shape index (κ1) is 25.9. The predicted octanol–water partition coefficient (Wildman–Crippen LogP) is 7.10. The van der Waals surface area contributed by atoms with Crippen LogP contribution in [0.2, 0.25) is 5.02 Å². The molecule has 0 bridgehead atoms. The molecule has 0 spiro atoms. The van der Waals surface area contributed by atoms with Gasteiger partial charge in [-0.3, -0.25) is 0 Å². The maximum atomic E-state index is 14.5. The SMILES string of the molecule is Cc1c(F)c(F)c(N[C@@H](C(=O)OC(C#N)c2cccc(Oc3ccccc3)c2)C(C)C)c(Cl)c1F. The number of nitrogens with one attached hydrogen (secondary N) is 1. The molecule has 0 saturated heterocycles. The highest BCUT2D eigenvalue weighted by Crippen LogP contribution is 2.34. The van der Waals surface area contributed by atoms with E-state index in [1.165, 1.54) is 0 Å². The third-order valence-electron chi connectivity index (χ3n) is 5.19. The van der Waals surface area contributed by atoms with Gasteiger partial charge in [-0.15, -0.1) is 0 Å². The molecule has 3 aromatic carbocycles. The number of nitrogens with zero attached hydrogens (tertiary/aromatic N) is 1. The van der Waals surface area contributed by atoms with Gasteiger partial charge in [0.15, 0.2) is 11.6 Å². The first-order valence-corrected chi connectivity index (χ1v) is 11.0. The van der Waals surface area contributed by atoms with Gasteiger partial charge in [0, 0.05) is 11.1 Å². The van der Waals surface area contributed by atoms with Crippen LogP contribution in [0, 0.1) is 41.6 Å². The summed E-state index contributed by atoms with van der Waals surface area (Å²) in [6.45, 7) is 4.27. The number of rotatable bonds is 8. The van der Waals surface area contributed by atoms with Gasteiger partial charge in [0.2, 0.25) is 6.10 Å². The van der Waals surface area contributed by atoms with Crippen molar-refractivity contribution in [1.29, 1.82) is 5.26 Å². The summed E-state index contributed by atoms with van der Waals surface area (Å²) in [5, 5.41) is 11.4. The smallest absolute Gasteiger partial charge is 0.330 e. The van der Waals surface area contributed by atoms with Crippen LogP contribution in [0.3, 0.4) is 0 Å². The first-order chi connectivity index (χ1) is 16.6. The van der Waals surface area contributed by atoms with Crippen LogP contribution in [0.5, 0.6) is 11.5 Å². The van der Waals surface area contributed by atoms with Gasteiger partial charge in [-0.1, -0.05) is 55.8 Å². The van der Waals surface area contributed by atoms with E-state index in [0.29, 0.717) is 17.1 Å². The summed E-state index contributed by atoms with van der Waals surface area (Å²) < 4.78 is 53.9. The maximum Gasteiger partial charge on any atom is 0.330 e. The molecule has 35 heavy (non-hydrogen) atoms. The van der Waals surface area contributed by atoms with E-state index in [1.54, 1.807) is 62.4 Å². The summed E-state index contributed by atoms with van der Waals surface area (Å²) in [6.07, 6.45) is -1.32. The van der Waals surface area contributed by atoms with Crippen LogP contribution in [0.4, 0.5) is 18.9 Å². The zero-order valence-electron chi connectivity index (χ0n) is 19.1. The van der Waals surface area contributed by atoms with Crippen LogP contribution in [-0.2, 0) is 9.53 Å². The minimum absolute atomic E-state index is 0.341. The van der Waals surface area contributed by atoms with Gasteiger partial charge < -0.3 is 14.8 Å². The molecule has 0 aromatic heterocycles. The van der Waals surface area contributed by atoms with E-state index >= 15 is 0 Å². The van der Waals surface area contributed by atoms with Gasteiger partial charge in [0.1, 0.15) is 34.4 Å². The zero-order valence-corrected chi connectivity index (χ0v) is 19.9. The summed E-state index contributed by atoms with van der Waals surface area (Å²) in [5.74, 6) is -4.44. The molecule has 3 aromatic rings. The Morgan fingerprint density at radius 2 is 1.66 bits per heavy atom. The Hall–Kier alpha value is -3.70. The van der Waals surface area contributed by atoms with E-state index in [1.807, 2.05) is 12.1 Å². The number of halogens is 4. The van der Waals surface area contributed by atoms with Gasteiger partial charge in [-0.25, -0.2) is 18.0 Å². The van der Waals surface area contributed by atoms with Gasteiger partial charge >= 0.3 is 5.97 Å². The van der Waals surface area contributed by atoms with Crippen molar-refractivity contribution in [3.63, 3.8) is 0 Å². The zero-order chi connectivity index (χ0) is 25.7. The van der Waals surface area contributed by atoms with Gasteiger partial charge in [-0.05, 0) is 37.1 Å². The number of hydrogen-bond acceptors (Lipinski definition) is 5. The molecule has 0 aliphatic carbocycles. The third-order valence-corrected chi connectivity index (χ3v) is 5.55. The molecular formula is C26H22ClF3N2O3. The fourth-order valence-electron chi connectivity index (χ4n) is 3.25. The quantitative estimate of drug-likeness (QED) is 0.263. The largest absolute Gasteiger partial charge is 0.457 e. The average Bonchev–Trinajstić information content (AvgIpc) is 2.85. The molecule has 2 atom stereocenters. The van der Waals surface area contributed by atoms with Crippen LogP contribution in [0.25, 0.3) is 0 Å². The van der Waals surface area contributed by atoms with Gasteiger partial charge in [-0.2, -0.15) is 5.26 Å². The van der Waals surface area contributed by atoms with E-state index in [9.17, 15) is 23.2 Å². The van der Waals surface area contributed by atoms with Crippen LogP contribution in [0.1, 0.15) is 31.1 Å². The van der Waals surface area contributed by atoms with Crippen molar-refractivity contribution >= 4 is 23.3 Å². The number of hydrogen-bond donors (Lipinski definition) is 1. The molecule has 0 saturated carbocycles. The van der Waals surface area contributed by atoms with Gasteiger partial charge in [0.25, 0.3) is 0 Å². The molecule has 1 N–H and O–H groups in total. The number of nitriles is 1. The van der Waals surface area contributed by atoms with Crippen LogP contribution in [0.15, 0.2) is 54.6 Å². The molecule has 3 rings (SSSR count). The molecule has 9 heteroatoms. The molecule has 0 fully saturated rings. The lowest BCUT2D eigenvalue weighted by molar-refractivity contribution is -0.148. The molecular weight excluding hydrogens is 481 g/mol. The maximum absolute atomic E-state index is 14.5. The number of anilines is 1. The van der Waals surface area contributed by atoms with Crippen LogP contribution >= 0.6 is 11.6 Å². The average molecular weight is 503 g/mol.